The average molecular weight is 366 g/mol. The molecule has 27 heavy (non-hydrogen) atoms. The van der Waals surface area contributed by atoms with Gasteiger partial charge in [0.15, 0.2) is 0 Å². The molecular formula is C21H26N4O2. The van der Waals surface area contributed by atoms with Crippen molar-refractivity contribution in [1.29, 1.82) is 0 Å². The average Bonchev–Trinajstić information content (AvgIpc) is 3.25. The van der Waals surface area contributed by atoms with Gasteiger partial charge in [-0.3, -0.25) is 14.7 Å². The Morgan fingerprint density at radius 3 is 2.70 bits per heavy atom. The number of nitrogens with one attached hydrogen (secondary N) is 1. The number of aromatic nitrogens is 2. The van der Waals surface area contributed by atoms with E-state index < -0.39 is 0 Å². The van der Waals surface area contributed by atoms with Crippen LogP contribution in [0.15, 0.2) is 36.5 Å². The number of hydrogen-bond donors (Lipinski definition) is 1. The first-order valence-electron chi connectivity index (χ1n) is 9.77. The molecule has 0 radical (unpaired) electrons. The molecule has 142 valence electrons. The lowest BCUT2D eigenvalue weighted by atomic mass is 9.73. The molecule has 3 heterocycles. The van der Waals surface area contributed by atoms with Crippen molar-refractivity contribution in [2.45, 2.75) is 32.6 Å². The molecule has 2 aromatic rings. The van der Waals surface area contributed by atoms with Gasteiger partial charge in [0.2, 0.25) is 5.91 Å². The van der Waals surface area contributed by atoms with E-state index in [9.17, 15) is 9.59 Å². The van der Waals surface area contributed by atoms with Crippen molar-refractivity contribution in [3.63, 3.8) is 0 Å². The third kappa shape index (κ3) is 3.48. The summed E-state index contributed by atoms with van der Waals surface area (Å²) in [4.78, 5) is 29.1. The Balaban J connectivity index is 1.48. The van der Waals surface area contributed by atoms with Crippen LogP contribution in [-0.2, 0) is 4.79 Å². The Labute approximate surface area is 159 Å². The van der Waals surface area contributed by atoms with Crippen molar-refractivity contribution >= 4 is 11.8 Å². The molecular weight excluding hydrogens is 340 g/mol. The van der Waals surface area contributed by atoms with Gasteiger partial charge >= 0.3 is 0 Å². The topological polar surface area (TPSA) is 69.3 Å². The first kappa shape index (κ1) is 17.8. The van der Waals surface area contributed by atoms with E-state index in [4.69, 9.17) is 0 Å². The number of carbonyl (C=O) groups is 2. The summed E-state index contributed by atoms with van der Waals surface area (Å²) in [7, 11) is 0. The van der Waals surface area contributed by atoms with Gasteiger partial charge in [0.25, 0.3) is 5.91 Å². The zero-order valence-electron chi connectivity index (χ0n) is 15.8. The minimum absolute atomic E-state index is 0.0632. The van der Waals surface area contributed by atoms with Gasteiger partial charge in [-0.25, -0.2) is 0 Å². The summed E-state index contributed by atoms with van der Waals surface area (Å²) >= 11 is 0. The molecule has 1 aromatic carbocycles. The molecule has 2 amide bonds. The highest BCUT2D eigenvalue weighted by Crippen LogP contribution is 2.39. The van der Waals surface area contributed by atoms with E-state index in [2.05, 4.69) is 10.2 Å². The molecule has 1 spiro atoms. The molecule has 4 rings (SSSR count). The van der Waals surface area contributed by atoms with Crippen molar-refractivity contribution in [2.24, 2.45) is 5.41 Å². The molecule has 6 heteroatoms. The van der Waals surface area contributed by atoms with E-state index in [1.54, 1.807) is 6.20 Å². The number of amides is 2. The van der Waals surface area contributed by atoms with Crippen molar-refractivity contribution in [1.82, 2.24) is 20.0 Å². The van der Waals surface area contributed by atoms with Crippen LogP contribution in [0.5, 0.6) is 0 Å². The molecule has 2 saturated heterocycles. The molecule has 6 nitrogen and oxygen atoms in total. The fourth-order valence-corrected chi connectivity index (χ4v) is 4.50. The van der Waals surface area contributed by atoms with Gasteiger partial charge in [0, 0.05) is 49.8 Å². The summed E-state index contributed by atoms with van der Waals surface area (Å²) in [5, 5.41) is 6.91. The molecule has 2 aliphatic heterocycles. The van der Waals surface area contributed by atoms with Gasteiger partial charge < -0.3 is 9.80 Å². The van der Waals surface area contributed by atoms with E-state index in [1.165, 1.54) is 0 Å². The summed E-state index contributed by atoms with van der Waals surface area (Å²) < 4.78 is 0. The van der Waals surface area contributed by atoms with Crippen LogP contribution < -0.4 is 0 Å². The predicted octanol–water partition coefficient (Wildman–Crippen LogP) is 2.94. The summed E-state index contributed by atoms with van der Waals surface area (Å²) in [6.45, 7) is 5.11. The normalized spacial score (nSPS) is 23.1. The second-order valence-electron chi connectivity index (χ2n) is 7.79. The molecule has 1 atom stereocenters. The molecule has 0 unspecified atom stereocenters. The number of carbonyl (C=O) groups excluding carboxylic acids is 2. The van der Waals surface area contributed by atoms with Crippen LogP contribution in [0, 0.1) is 5.41 Å². The number of benzene rings is 1. The molecule has 0 bridgehead atoms. The predicted molar refractivity (Wildman–Crippen MR) is 103 cm³/mol. The van der Waals surface area contributed by atoms with Crippen LogP contribution in [0.1, 0.15) is 43.0 Å². The Bertz CT molecular complexity index is 815. The minimum atomic E-state index is 0.0632. The molecule has 1 N–H and O–H groups in total. The van der Waals surface area contributed by atoms with E-state index >= 15 is 0 Å². The van der Waals surface area contributed by atoms with Gasteiger partial charge in [-0.15, -0.1) is 0 Å². The number of piperidine rings is 2. The smallest absolute Gasteiger partial charge is 0.253 e. The van der Waals surface area contributed by atoms with Crippen LogP contribution in [0.3, 0.4) is 0 Å². The Morgan fingerprint density at radius 2 is 2.00 bits per heavy atom. The van der Waals surface area contributed by atoms with Crippen molar-refractivity contribution in [3.8, 4) is 11.3 Å². The zero-order chi connectivity index (χ0) is 18.9. The minimum Gasteiger partial charge on any atom is -0.342 e. The summed E-state index contributed by atoms with van der Waals surface area (Å²) in [6, 6.07) is 9.61. The van der Waals surface area contributed by atoms with Crippen molar-refractivity contribution in [3.05, 3.63) is 42.1 Å². The van der Waals surface area contributed by atoms with Crippen LogP contribution in [0.4, 0.5) is 0 Å². The highest BCUT2D eigenvalue weighted by atomic mass is 16.2. The monoisotopic (exact) mass is 366 g/mol. The molecule has 0 aliphatic carbocycles. The maximum Gasteiger partial charge on any atom is 0.253 e. The number of aromatic amines is 1. The van der Waals surface area contributed by atoms with Gasteiger partial charge in [0.05, 0.1) is 5.69 Å². The third-order valence-electron chi connectivity index (χ3n) is 6.02. The van der Waals surface area contributed by atoms with Gasteiger partial charge in [-0.05, 0) is 49.9 Å². The lowest BCUT2D eigenvalue weighted by Gasteiger charge is -2.48. The number of nitrogens with zero attached hydrogens (tertiary/aromatic N) is 3. The second-order valence-corrected chi connectivity index (χ2v) is 7.79. The SMILES string of the molecule is CCN1C[C@]2(CCCN(C(=O)c3ccc(-c4ccn[nH]4)cc3)C2)CCC1=O. The largest absolute Gasteiger partial charge is 0.342 e. The Morgan fingerprint density at radius 1 is 1.19 bits per heavy atom. The van der Waals surface area contributed by atoms with Gasteiger partial charge in [-0.1, -0.05) is 12.1 Å². The van der Waals surface area contributed by atoms with E-state index in [0.717, 1.165) is 62.3 Å². The van der Waals surface area contributed by atoms with Crippen molar-refractivity contribution < 1.29 is 9.59 Å². The highest BCUT2D eigenvalue weighted by Gasteiger charge is 2.42. The number of rotatable bonds is 3. The van der Waals surface area contributed by atoms with Crippen molar-refractivity contribution in [2.75, 3.05) is 26.2 Å². The Hall–Kier alpha value is -2.63. The molecule has 1 aromatic heterocycles. The fourth-order valence-electron chi connectivity index (χ4n) is 4.50. The summed E-state index contributed by atoms with van der Waals surface area (Å²) in [5.41, 5.74) is 2.74. The van der Waals surface area contributed by atoms with Gasteiger partial charge in [-0.2, -0.15) is 5.10 Å². The Kier molecular flexibility index (Phi) is 4.72. The summed E-state index contributed by atoms with van der Waals surface area (Å²) in [5.74, 6) is 0.339. The van der Waals surface area contributed by atoms with E-state index in [0.29, 0.717) is 6.42 Å². The highest BCUT2D eigenvalue weighted by molar-refractivity contribution is 5.94. The van der Waals surface area contributed by atoms with Gasteiger partial charge in [0.1, 0.15) is 0 Å². The van der Waals surface area contributed by atoms with Crippen LogP contribution in [-0.4, -0.2) is 58.0 Å². The number of H-pyrrole nitrogens is 1. The first-order valence-corrected chi connectivity index (χ1v) is 9.77. The summed E-state index contributed by atoms with van der Waals surface area (Å²) in [6.07, 6.45) is 5.32. The lowest BCUT2D eigenvalue weighted by Crippen LogP contribution is -2.55. The van der Waals surface area contributed by atoms with Crippen LogP contribution >= 0.6 is 0 Å². The second kappa shape index (κ2) is 7.18. The molecule has 0 saturated carbocycles. The molecule has 2 aliphatic rings. The van der Waals surface area contributed by atoms with E-state index in [-0.39, 0.29) is 17.2 Å². The maximum atomic E-state index is 13.1. The quantitative estimate of drug-likeness (QED) is 0.908. The number of hydrogen-bond acceptors (Lipinski definition) is 3. The van der Waals surface area contributed by atoms with Crippen LogP contribution in [0.25, 0.3) is 11.3 Å². The zero-order valence-corrected chi connectivity index (χ0v) is 15.8. The first-order chi connectivity index (χ1) is 13.1. The maximum absolute atomic E-state index is 13.1. The standard InChI is InChI=1S/C21H26N4O2/c1-2-24-14-21(11-8-19(24)26)10-3-13-25(15-21)20(27)17-6-4-16(5-7-17)18-9-12-22-23-18/h4-7,9,12H,2-3,8,10-11,13-15H2,1H3,(H,22,23)/t21-/m0/s1. The van der Waals surface area contributed by atoms with Crippen LogP contribution in [0.2, 0.25) is 0 Å². The third-order valence-corrected chi connectivity index (χ3v) is 6.02. The fraction of sp³-hybridized carbons (Fsp3) is 0.476. The lowest BCUT2D eigenvalue weighted by molar-refractivity contribution is -0.138. The van der Waals surface area contributed by atoms with E-state index in [1.807, 2.05) is 47.1 Å². The molecule has 2 fully saturated rings. The number of likely N-dealkylation sites (tertiary alicyclic amines) is 2.